The standard InChI is InChI=1S/C13H12N4O4/c18-12(19)10-3-1-2-9(6-10)4-5-14-13-15-7-11(8-16-13)17(20)21/h1-3,6-8H,4-5H2,(H,18,19)(H,14,15,16). The minimum Gasteiger partial charge on any atom is -0.478 e. The fourth-order valence-electron chi connectivity index (χ4n) is 1.69. The molecule has 1 aromatic carbocycles. The van der Waals surface area contributed by atoms with Crippen molar-refractivity contribution in [3.8, 4) is 0 Å². The minimum absolute atomic E-state index is 0.172. The van der Waals surface area contributed by atoms with E-state index in [-0.39, 0.29) is 17.2 Å². The molecule has 0 unspecified atom stereocenters. The lowest BCUT2D eigenvalue weighted by Crippen LogP contribution is -2.08. The molecule has 2 N–H and O–H groups in total. The molecule has 0 saturated carbocycles. The third-order valence-corrected chi connectivity index (χ3v) is 2.72. The molecule has 0 aliphatic heterocycles. The lowest BCUT2D eigenvalue weighted by Gasteiger charge is -2.05. The topological polar surface area (TPSA) is 118 Å². The Labute approximate surface area is 119 Å². The number of hydrogen-bond donors (Lipinski definition) is 2. The SMILES string of the molecule is O=C(O)c1cccc(CCNc2ncc([N+](=O)[O-])cn2)c1. The summed E-state index contributed by atoms with van der Waals surface area (Å²) in [6.45, 7) is 0.487. The quantitative estimate of drug-likeness (QED) is 0.613. The number of benzene rings is 1. The van der Waals surface area contributed by atoms with Crippen molar-refractivity contribution in [2.45, 2.75) is 6.42 Å². The van der Waals surface area contributed by atoms with Gasteiger partial charge in [0.2, 0.25) is 5.95 Å². The van der Waals surface area contributed by atoms with Gasteiger partial charge in [0.15, 0.2) is 0 Å². The second-order valence-electron chi connectivity index (χ2n) is 4.20. The largest absolute Gasteiger partial charge is 0.478 e. The number of anilines is 1. The van der Waals surface area contributed by atoms with Gasteiger partial charge in [0.05, 0.1) is 10.5 Å². The van der Waals surface area contributed by atoms with E-state index < -0.39 is 10.9 Å². The number of rotatable bonds is 6. The predicted octanol–water partition coefficient (Wildman–Crippen LogP) is 1.74. The number of nitrogens with one attached hydrogen (secondary N) is 1. The Morgan fingerprint density at radius 2 is 2.05 bits per heavy atom. The van der Waals surface area contributed by atoms with Crippen molar-refractivity contribution in [3.05, 3.63) is 57.9 Å². The summed E-state index contributed by atoms with van der Waals surface area (Å²) in [5, 5.41) is 22.3. The van der Waals surface area contributed by atoms with Crippen molar-refractivity contribution >= 4 is 17.6 Å². The summed E-state index contributed by atoms with van der Waals surface area (Å²) in [7, 11) is 0. The molecular formula is C13H12N4O4. The lowest BCUT2D eigenvalue weighted by molar-refractivity contribution is -0.385. The molecule has 0 aliphatic carbocycles. The number of aromatic carboxylic acids is 1. The van der Waals surface area contributed by atoms with Crippen LogP contribution in [-0.4, -0.2) is 32.5 Å². The van der Waals surface area contributed by atoms with Gasteiger partial charge in [0, 0.05) is 6.54 Å². The number of aromatic nitrogens is 2. The molecule has 2 aromatic rings. The van der Waals surface area contributed by atoms with E-state index in [1.165, 1.54) is 6.07 Å². The van der Waals surface area contributed by atoms with Crippen molar-refractivity contribution in [2.75, 3.05) is 11.9 Å². The van der Waals surface area contributed by atoms with E-state index in [0.29, 0.717) is 13.0 Å². The first kappa shape index (κ1) is 14.4. The summed E-state index contributed by atoms with van der Waals surface area (Å²) in [5.74, 6) is -0.682. The highest BCUT2D eigenvalue weighted by Crippen LogP contribution is 2.09. The van der Waals surface area contributed by atoms with Gasteiger partial charge in [-0.2, -0.15) is 0 Å². The van der Waals surface area contributed by atoms with Crippen LogP contribution >= 0.6 is 0 Å². The van der Waals surface area contributed by atoms with E-state index in [9.17, 15) is 14.9 Å². The van der Waals surface area contributed by atoms with Crippen LogP contribution in [0.25, 0.3) is 0 Å². The Bertz CT molecular complexity index is 657. The maximum absolute atomic E-state index is 10.8. The van der Waals surface area contributed by atoms with Gasteiger partial charge >= 0.3 is 11.7 Å². The number of carboxylic acids is 1. The van der Waals surface area contributed by atoms with Gasteiger partial charge in [-0.3, -0.25) is 10.1 Å². The summed E-state index contributed by atoms with van der Waals surface area (Å²) in [6.07, 6.45) is 2.84. The first-order valence-corrected chi connectivity index (χ1v) is 6.09. The lowest BCUT2D eigenvalue weighted by atomic mass is 10.1. The van der Waals surface area contributed by atoms with Crippen molar-refractivity contribution in [1.82, 2.24) is 9.97 Å². The van der Waals surface area contributed by atoms with Crippen LogP contribution in [0.1, 0.15) is 15.9 Å². The van der Waals surface area contributed by atoms with Gasteiger partial charge in [0.1, 0.15) is 12.4 Å². The molecule has 8 heteroatoms. The first-order chi connectivity index (χ1) is 10.1. The second-order valence-corrected chi connectivity index (χ2v) is 4.20. The normalized spacial score (nSPS) is 10.1. The van der Waals surface area contributed by atoms with Gasteiger partial charge in [0.25, 0.3) is 0 Å². The van der Waals surface area contributed by atoms with Crippen LogP contribution in [0.4, 0.5) is 11.6 Å². The van der Waals surface area contributed by atoms with E-state index >= 15 is 0 Å². The summed E-state index contributed by atoms with van der Waals surface area (Å²) in [5.41, 5.74) is 0.929. The van der Waals surface area contributed by atoms with E-state index in [1.54, 1.807) is 12.1 Å². The van der Waals surface area contributed by atoms with E-state index in [4.69, 9.17) is 5.11 Å². The van der Waals surface area contributed by atoms with Gasteiger partial charge in [-0.25, -0.2) is 14.8 Å². The molecule has 0 atom stereocenters. The van der Waals surface area contributed by atoms with Crippen LogP contribution < -0.4 is 5.32 Å². The Morgan fingerprint density at radius 3 is 2.67 bits per heavy atom. The molecule has 21 heavy (non-hydrogen) atoms. The molecule has 0 bridgehead atoms. The number of nitrogens with zero attached hydrogens (tertiary/aromatic N) is 3. The second kappa shape index (κ2) is 6.42. The third-order valence-electron chi connectivity index (χ3n) is 2.72. The number of carboxylic acid groups (broad SMARTS) is 1. The average Bonchev–Trinajstić information content (AvgIpc) is 2.48. The number of hydrogen-bond acceptors (Lipinski definition) is 6. The molecule has 0 aliphatic rings. The van der Waals surface area contributed by atoms with Crippen LogP contribution in [0, 0.1) is 10.1 Å². The minimum atomic E-state index is -0.969. The average molecular weight is 288 g/mol. The van der Waals surface area contributed by atoms with Crippen LogP contribution in [0.2, 0.25) is 0 Å². The van der Waals surface area contributed by atoms with Crippen molar-refractivity contribution in [3.63, 3.8) is 0 Å². The van der Waals surface area contributed by atoms with E-state index in [2.05, 4.69) is 15.3 Å². The van der Waals surface area contributed by atoms with Crippen molar-refractivity contribution in [2.24, 2.45) is 0 Å². The van der Waals surface area contributed by atoms with Crippen molar-refractivity contribution < 1.29 is 14.8 Å². The maximum Gasteiger partial charge on any atom is 0.335 e. The fraction of sp³-hybridized carbons (Fsp3) is 0.154. The van der Waals surface area contributed by atoms with Crippen LogP contribution in [0.3, 0.4) is 0 Å². The highest BCUT2D eigenvalue weighted by molar-refractivity contribution is 5.87. The van der Waals surface area contributed by atoms with E-state index in [1.807, 2.05) is 6.07 Å². The number of carbonyl (C=O) groups is 1. The molecule has 1 aromatic heterocycles. The molecule has 1 heterocycles. The maximum atomic E-state index is 10.8. The smallest absolute Gasteiger partial charge is 0.335 e. The molecular weight excluding hydrogens is 276 g/mol. The van der Waals surface area contributed by atoms with Crippen LogP contribution in [-0.2, 0) is 6.42 Å². The van der Waals surface area contributed by atoms with Crippen molar-refractivity contribution in [1.29, 1.82) is 0 Å². The predicted molar refractivity (Wildman–Crippen MR) is 74.3 cm³/mol. The molecule has 108 valence electrons. The van der Waals surface area contributed by atoms with Gasteiger partial charge < -0.3 is 10.4 Å². The summed E-state index contributed by atoms with van der Waals surface area (Å²) in [6, 6.07) is 6.63. The molecule has 0 spiro atoms. The number of nitro groups is 1. The zero-order valence-corrected chi connectivity index (χ0v) is 10.9. The molecule has 0 saturated heterocycles. The van der Waals surface area contributed by atoms with Gasteiger partial charge in [-0.1, -0.05) is 12.1 Å². The zero-order valence-electron chi connectivity index (χ0n) is 10.9. The molecule has 2 rings (SSSR count). The Kier molecular flexibility index (Phi) is 4.39. The first-order valence-electron chi connectivity index (χ1n) is 6.09. The van der Waals surface area contributed by atoms with Crippen LogP contribution in [0.5, 0.6) is 0 Å². The van der Waals surface area contributed by atoms with Gasteiger partial charge in [-0.15, -0.1) is 0 Å². The highest BCUT2D eigenvalue weighted by Gasteiger charge is 2.06. The Morgan fingerprint density at radius 1 is 1.33 bits per heavy atom. The Balaban J connectivity index is 1.90. The summed E-state index contributed by atoms with van der Waals surface area (Å²) in [4.78, 5) is 28.4. The van der Waals surface area contributed by atoms with Crippen LogP contribution in [0.15, 0.2) is 36.7 Å². The summed E-state index contributed by atoms with van der Waals surface area (Å²) < 4.78 is 0. The van der Waals surface area contributed by atoms with E-state index in [0.717, 1.165) is 18.0 Å². The molecule has 0 radical (unpaired) electrons. The molecule has 0 amide bonds. The fourth-order valence-corrected chi connectivity index (χ4v) is 1.69. The van der Waals surface area contributed by atoms with Gasteiger partial charge in [-0.05, 0) is 24.1 Å². The highest BCUT2D eigenvalue weighted by atomic mass is 16.6. The Hall–Kier alpha value is -3.03. The molecule has 0 fully saturated rings. The molecule has 8 nitrogen and oxygen atoms in total. The monoisotopic (exact) mass is 288 g/mol. The zero-order chi connectivity index (χ0) is 15.2. The third kappa shape index (κ3) is 3.96. The summed E-state index contributed by atoms with van der Waals surface area (Å²) >= 11 is 0.